The van der Waals surface area contributed by atoms with Gasteiger partial charge in [0.1, 0.15) is 0 Å². The van der Waals surface area contributed by atoms with Crippen LogP contribution in [0.5, 0.6) is 0 Å². The minimum absolute atomic E-state index is 0.267. The molecule has 7 heteroatoms. The quantitative estimate of drug-likeness (QED) is 0.808. The zero-order valence-electron chi connectivity index (χ0n) is 12.8. The third-order valence-corrected chi connectivity index (χ3v) is 4.17. The fourth-order valence-electron chi connectivity index (χ4n) is 2.27. The predicted molar refractivity (Wildman–Crippen MR) is 83.2 cm³/mol. The van der Waals surface area contributed by atoms with Gasteiger partial charge in [0.15, 0.2) is 10.8 Å². The molecule has 1 unspecified atom stereocenters. The monoisotopic (exact) mass is 313 g/mol. The minimum Gasteiger partial charge on any atom is -0.461 e. The van der Waals surface area contributed by atoms with E-state index in [0.717, 1.165) is 42.9 Å². The van der Waals surface area contributed by atoms with Crippen molar-refractivity contribution in [1.29, 1.82) is 0 Å². The summed E-state index contributed by atoms with van der Waals surface area (Å²) in [5.74, 6) is -0.347. The van der Waals surface area contributed by atoms with Crippen molar-refractivity contribution < 1.29 is 14.3 Å². The van der Waals surface area contributed by atoms with Gasteiger partial charge in [-0.2, -0.15) is 0 Å². The molecule has 118 valence electrons. The second-order valence-electron chi connectivity index (χ2n) is 5.10. The topological polar surface area (TPSA) is 63.7 Å². The Bertz CT molecular complexity index is 472. The summed E-state index contributed by atoms with van der Waals surface area (Å²) in [6, 6.07) is 0.267. The van der Waals surface area contributed by atoms with Gasteiger partial charge in [0, 0.05) is 30.6 Å². The number of aryl methyl sites for hydroxylation is 1. The standard InChI is InChI=1S/C14H23N3O3S/c1-4-20-13(18)12-11(3)21-14(16-12)15-10(2)9-17-5-7-19-8-6-17/h10H,4-9H2,1-3H3,(H,15,16). The van der Waals surface area contributed by atoms with Gasteiger partial charge < -0.3 is 14.8 Å². The Morgan fingerprint density at radius 3 is 2.90 bits per heavy atom. The molecule has 0 aliphatic carbocycles. The van der Waals surface area contributed by atoms with E-state index in [0.29, 0.717) is 12.3 Å². The Balaban J connectivity index is 1.89. The molecular weight excluding hydrogens is 290 g/mol. The summed E-state index contributed by atoms with van der Waals surface area (Å²) in [5.41, 5.74) is 0.419. The van der Waals surface area contributed by atoms with E-state index in [-0.39, 0.29) is 12.0 Å². The Morgan fingerprint density at radius 1 is 1.52 bits per heavy atom. The van der Waals surface area contributed by atoms with Gasteiger partial charge in [-0.25, -0.2) is 9.78 Å². The summed E-state index contributed by atoms with van der Waals surface area (Å²) in [4.78, 5) is 19.4. The zero-order valence-corrected chi connectivity index (χ0v) is 13.7. The number of carbonyl (C=O) groups excluding carboxylic acids is 1. The number of esters is 1. The van der Waals surface area contributed by atoms with E-state index in [1.165, 1.54) is 11.3 Å². The maximum atomic E-state index is 11.8. The summed E-state index contributed by atoms with van der Waals surface area (Å²) in [6.45, 7) is 10.7. The smallest absolute Gasteiger partial charge is 0.358 e. The van der Waals surface area contributed by atoms with Crippen molar-refractivity contribution >= 4 is 22.4 Å². The van der Waals surface area contributed by atoms with Crippen molar-refractivity contribution in [2.45, 2.75) is 26.8 Å². The molecule has 0 radical (unpaired) electrons. The van der Waals surface area contributed by atoms with Crippen molar-refractivity contribution in [3.63, 3.8) is 0 Å². The maximum Gasteiger partial charge on any atom is 0.358 e. The average Bonchev–Trinajstić information content (AvgIpc) is 2.80. The molecule has 1 N–H and O–H groups in total. The van der Waals surface area contributed by atoms with Crippen molar-refractivity contribution in [3.05, 3.63) is 10.6 Å². The van der Waals surface area contributed by atoms with Crippen LogP contribution in [-0.2, 0) is 9.47 Å². The summed E-state index contributed by atoms with van der Waals surface area (Å²) < 4.78 is 10.3. The third kappa shape index (κ3) is 4.66. The van der Waals surface area contributed by atoms with E-state index in [1.807, 2.05) is 6.92 Å². The van der Waals surface area contributed by atoms with Gasteiger partial charge in [0.2, 0.25) is 0 Å². The number of anilines is 1. The van der Waals surface area contributed by atoms with E-state index in [9.17, 15) is 4.79 Å². The van der Waals surface area contributed by atoms with Crippen molar-refractivity contribution in [2.75, 3.05) is 44.8 Å². The first-order valence-electron chi connectivity index (χ1n) is 7.31. The second-order valence-corrected chi connectivity index (χ2v) is 6.31. The number of nitrogens with one attached hydrogen (secondary N) is 1. The van der Waals surface area contributed by atoms with Gasteiger partial charge >= 0.3 is 5.97 Å². The molecule has 1 aliphatic heterocycles. The summed E-state index contributed by atoms with van der Waals surface area (Å²) in [6.07, 6.45) is 0. The van der Waals surface area contributed by atoms with Gasteiger partial charge in [-0.3, -0.25) is 4.90 Å². The van der Waals surface area contributed by atoms with Crippen LogP contribution in [0.3, 0.4) is 0 Å². The Morgan fingerprint density at radius 2 is 2.24 bits per heavy atom. The van der Waals surface area contributed by atoms with Crippen molar-refractivity contribution in [1.82, 2.24) is 9.88 Å². The molecule has 0 saturated carbocycles. The number of thiazole rings is 1. The largest absolute Gasteiger partial charge is 0.461 e. The van der Waals surface area contributed by atoms with Crippen LogP contribution in [0.15, 0.2) is 0 Å². The van der Waals surface area contributed by atoms with E-state index in [4.69, 9.17) is 9.47 Å². The number of hydrogen-bond donors (Lipinski definition) is 1. The lowest BCUT2D eigenvalue weighted by Crippen LogP contribution is -2.42. The molecule has 1 fully saturated rings. The highest BCUT2D eigenvalue weighted by Gasteiger charge is 2.18. The molecule has 1 saturated heterocycles. The van der Waals surface area contributed by atoms with Crippen LogP contribution < -0.4 is 5.32 Å². The first kappa shape index (κ1) is 16.2. The van der Waals surface area contributed by atoms with Crippen LogP contribution in [0.25, 0.3) is 0 Å². The fourth-order valence-corrected chi connectivity index (χ4v) is 3.19. The van der Waals surface area contributed by atoms with Crippen LogP contribution in [-0.4, -0.2) is 61.3 Å². The summed E-state index contributed by atoms with van der Waals surface area (Å²) in [5, 5.41) is 4.14. The molecule has 1 aromatic rings. The summed E-state index contributed by atoms with van der Waals surface area (Å²) >= 11 is 1.49. The van der Waals surface area contributed by atoms with Gasteiger partial charge in [-0.05, 0) is 20.8 Å². The van der Waals surface area contributed by atoms with Crippen molar-refractivity contribution in [3.8, 4) is 0 Å². The number of ether oxygens (including phenoxy) is 2. The fraction of sp³-hybridized carbons (Fsp3) is 0.714. The van der Waals surface area contributed by atoms with Gasteiger partial charge in [-0.1, -0.05) is 0 Å². The van der Waals surface area contributed by atoms with Crippen molar-refractivity contribution in [2.24, 2.45) is 0 Å². The lowest BCUT2D eigenvalue weighted by molar-refractivity contribution is 0.0368. The molecule has 1 aromatic heterocycles. The van der Waals surface area contributed by atoms with Crippen LogP contribution >= 0.6 is 11.3 Å². The van der Waals surface area contributed by atoms with Gasteiger partial charge in [-0.15, -0.1) is 11.3 Å². The molecule has 2 rings (SSSR count). The van der Waals surface area contributed by atoms with E-state index in [1.54, 1.807) is 6.92 Å². The number of nitrogens with zero attached hydrogens (tertiary/aromatic N) is 2. The van der Waals surface area contributed by atoms with Crippen LogP contribution in [0, 0.1) is 6.92 Å². The molecular formula is C14H23N3O3S. The predicted octanol–water partition coefficient (Wildman–Crippen LogP) is 1.76. The minimum atomic E-state index is -0.347. The molecule has 2 heterocycles. The molecule has 1 aliphatic rings. The SMILES string of the molecule is CCOC(=O)c1nc(NC(C)CN2CCOCC2)sc1C. The lowest BCUT2D eigenvalue weighted by Gasteiger charge is -2.29. The normalized spacial score (nSPS) is 17.5. The van der Waals surface area contributed by atoms with Gasteiger partial charge in [0.05, 0.1) is 19.8 Å². The molecule has 0 spiro atoms. The van der Waals surface area contributed by atoms with E-state index < -0.39 is 0 Å². The van der Waals surface area contributed by atoms with Crippen LogP contribution in [0.2, 0.25) is 0 Å². The van der Waals surface area contributed by atoms with E-state index >= 15 is 0 Å². The first-order valence-corrected chi connectivity index (χ1v) is 8.13. The number of rotatable bonds is 6. The lowest BCUT2D eigenvalue weighted by atomic mass is 10.3. The van der Waals surface area contributed by atoms with Crippen LogP contribution in [0.4, 0.5) is 5.13 Å². The Kier molecular flexibility index (Phi) is 5.96. The highest BCUT2D eigenvalue weighted by Crippen LogP contribution is 2.23. The highest BCUT2D eigenvalue weighted by molar-refractivity contribution is 7.15. The third-order valence-electron chi connectivity index (χ3n) is 3.27. The van der Waals surface area contributed by atoms with E-state index in [2.05, 4.69) is 22.1 Å². The Hall–Kier alpha value is -1.18. The molecule has 21 heavy (non-hydrogen) atoms. The van der Waals surface area contributed by atoms with Crippen LogP contribution in [0.1, 0.15) is 29.2 Å². The highest BCUT2D eigenvalue weighted by atomic mass is 32.1. The first-order chi connectivity index (χ1) is 10.1. The average molecular weight is 313 g/mol. The number of morpholine rings is 1. The van der Waals surface area contributed by atoms with Gasteiger partial charge in [0.25, 0.3) is 0 Å². The number of aromatic nitrogens is 1. The molecule has 0 bridgehead atoms. The molecule has 6 nitrogen and oxygen atoms in total. The Labute approximate surface area is 129 Å². The molecule has 1 atom stereocenters. The maximum absolute atomic E-state index is 11.8. The number of carbonyl (C=O) groups is 1. The molecule has 0 amide bonds. The number of hydrogen-bond acceptors (Lipinski definition) is 7. The molecule has 0 aromatic carbocycles. The summed E-state index contributed by atoms with van der Waals surface area (Å²) in [7, 11) is 0. The second kappa shape index (κ2) is 7.72. The zero-order chi connectivity index (χ0) is 15.2.